The van der Waals surface area contributed by atoms with Gasteiger partial charge in [0.25, 0.3) is 0 Å². The van der Waals surface area contributed by atoms with E-state index in [1.54, 1.807) is 0 Å². The maximum Gasteiger partial charge on any atom is 0.145 e. The minimum Gasteiger partial charge on any atom is -0.292 e. The molecule has 0 saturated carbocycles. The van der Waals surface area contributed by atoms with Gasteiger partial charge in [0, 0.05) is 31.4 Å². The summed E-state index contributed by atoms with van der Waals surface area (Å²) in [4.78, 5) is 10.2. The van der Waals surface area contributed by atoms with Gasteiger partial charge in [-0.15, -0.1) is 0 Å². The maximum atomic E-state index is 5.38. The topological polar surface area (TPSA) is 35.6 Å². The van der Waals surface area contributed by atoms with Crippen LogP contribution in [0, 0.1) is 0 Å². The Bertz CT molecular complexity index is 4840. The maximum absolute atomic E-state index is 5.38. The molecule has 0 N–H and O–H groups in total. The quantitative estimate of drug-likeness (QED) is 0.156. The van der Waals surface area contributed by atoms with E-state index in [-0.39, 0.29) is 0 Å². The summed E-state index contributed by atoms with van der Waals surface area (Å²) in [6.07, 6.45) is 0. The summed E-state index contributed by atoms with van der Waals surface area (Å²) < 4.78 is 6.59. The predicted octanol–water partition coefficient (Wildman–Crippen LogP) is 20.0. The fraction of sp³-hybridized carbons (Fsp3) is 0. The zero-order valence-electron chi connectivity index (χ0n) is 40.8. The number of para-hydroxylation sites is 2. The van der Waals surface area contributed by atoms with E-state index >= 15 is 0 Å². The third kappa shape index (κ3) is 7.31. The molecule has 0 amide bonds. The SMILES string of the molecule is Brc1ccc(-c2nc3cc(Br)ccc3n2-c2ccccc2)cc1.c1ccc(-n2c(-c3ccc(-c4ccc5ccc6cccc7ccc4c5c67)cc3)nc3cc(-c4ccc5ccc6cccc7ccc4c5c67)ccc32)cc1. The first-order valence-electron chi connectivity index (χ1n) is 25.5. The Morgan fingerprint density at radius 2 is 0.658 bits per heavy atom. The molecule has 0 aliphatic heterocycles. The molecule has 0 bridgehead atoms. The van der Waals surface area contributed by atoms with E-state index in [9.17, 15) is 0 Å². The largest absolute Gasteiger partial charge is 0.292 e. The molecule has 0 atom stereocenters. The molecule has 6 heteroatoms. The van der Waals surface area contributed by atoms with Crippen LogP contribution in [-0.2, 0) is 0 Å². The highest BCUT2D eigenvalue weighted by atomic mass is 79.9. The van der Waals surface area contributed by atoms with Crippen LogP contribution in [0.5, 0.6) is 0 Å². The van der Waals surface area contributed by atoms with Gasteiger partial charge in [0.05, 0.1) is 22.1 Å². The van der Waals surface area contributed by atoms with Crippen LogP contribution in [0.1, 0.15) is 0 Å². The van der Waals surface area contributed by atoms with Crippen LogP contribution in [0.3, 0.4) is 0 Å². The molecule has 4 nitrogen and oxygen atoms in total. The average Bonchev–Trinajstić information content (AvgIpc) is 4.10. The number of hydrogen-bond acceptors (Lipinski definition) is 2. The van der Waals surface area contributed by atoms with Crippen molar-refractivity contribution < 1.29 is 0 Å². The monoisotopic (exact) mass is 1100 g/mol. The Morgan fingerprint density at radius 1 is 0.276 bits per heavy atom. The molecular weight excluding hydrogens is 1060 g/mol. The number of imidazole rings is 2. The second-order valence-electron chi connectivity index (χ2n) is 19.6. The van der Waals surface area contributed by atoms with E-state index in [2.05, 4.69) is 265 Å². The fourth-order valence-electron chi connectivity index (χ4n) is 11.7. The molecular formula is C70H42Br2N4. The van der Waals surface area contributed by atoms with Crippen molar-refractivity contribution in [1.82, 2.24) is 19.1 Å². The van der Waals surface area contributed by atoms with Crippen molar-refractivity contribution in [3.63, 3.8) is 0 Å². The second kappa shape index (κ2) is 17.9. The lowest BCUT2D eigenvalue weighted by molar-refractivity contribution is 1.10. The fourth-order valence-corrected chi connectivity index (χ4v) is 12.4. The normalized spacial score (nSPS) is 11.8. The number of fused-ring (bicyclic) bond motifs is 2. The van der Waals surface area contributed by atoms with E-state index in [4.69, 9.17) is 9.97 Å². The summed E-state index contributed by atoms with van der Waals surface area (Å²) in [7, 11) is 0. The third-order valence-corrected chi connectivity index (χ3v) is 16.2. The van der Waals surface area contributed by atoms with Crippen molar-refractivity contribution in [2.45, 2.75) is 0 Å². The van der Waals surface area contributed by atoms with E-state index in [1.807, 2.05) is 30.3 Å². The van der Waals surface area contributed by atoms with Crippen LogP contribution in [0.2, 0.25) is 0 Å². The van der Waals surface area contributed by atoms with Crippen LogP contribution >= 0.6 is 31.9 Å². The highest BCUT2D eigenvalue weighted by Crippen LogP contribution is 2.43. The van der Waals surface area contributed by atoms with Gasteiger partial charge in [0.15, 0.2) is 0 Å². The lowest BCUT2D eigenvalue weighted by Crippen LogP contribution is -1.97. The summed E-state index contributed by atoms with van der Waals surface area (Å²) in [5.74, 6) is 1.87. The molecule has 76 heavy (non-hydrogen) atoms. The van der Waals surface area contributed by atoms with Crippen molar-refractivity contribution >= 4 is 119 Å². The van der Waals surface area contributed by atoms with Crippen LogP contribution in [-0.4, -0.2) is 19.1 Å². The van der Waals surface area contributed by atoms with E-state index in [1.165, 1.54) is 86.9 Å². The number of rotatable bonds is 6. The van der Waals surface area contributed by atoms with E-state index < -0.39 is 0 Å². The van der Waals surface area contributed by atoms with Gasteiger partial charge in [-0.25, -0.2) is 9.97 Å². The molecule has 16 aromatic rings. The van der Waals surface area contributed by atoms with Gasteiger partial charge in [0.1, 0.15) is 11.6 Å². The number of halogens is 2. The minimum absolute atomic E-state index is 0.931. The van der Waals surface area contributed by atoms with Crippen LogP contribution in [0.15, 0.2) is 264 Å². The van der Waals surface area contributed by atoms with Crippen molar-refractivity contribution in [2.75, 3.05) is 0 Å². The predicted molar refractivity (Wildman–Crippen MR) is 327 cm³/mol. The minimum atomic E-state index is 0.931. The number of benzene rings is 14. The second-order valence-corrected chi connectivity index (χ2v) is 21.4. The first-order valence-corrected chi connectivity index (χ1v) is 27.1. The zero-order chi connectivity index (χ0) is 50.4. The Hall–Kier alpha value is -8.94. The van der Waals surface area contributed by atoms with Crippen molar-refractivity contribution in [1.29, 1.82) is 0 Å². The highest BCUT2D eigenvalue weighted by Gasteiger charge is 2.20. The molecule has 0 spiro atoms. The van der Waals surface area contributed by atoms with Crippen LogP contribution in [0.4, 0.5) is 0 Å². The summed E-state index contributed by atoms with van der Waals surface area (Å²) in [5, 5.41) is 15.6. The lowest BCUT2D eigenvalue weighted by atomic mass is 9.90. The standard InChI is InChI=1S/C51H30N2.C19H12Br2N2/c1-2-10-40(11-3-1)53-46-29-24-39(42-26-21-37-17-15-33-7-5-9-35-23-28-44(42)50(37)48(33)35)30-45(46)52-51(53)38-18-12-31(13-19-38)41-25-20-36-16-14-32-6-4-8-34-22-27-43(41)49(36)47(32)34;20-14-8-6-13(7-9-14)19-22-17-12-15(21)10-11-18(17)23(19)16-4-2-1-3-5-16/h1-30H;1-12H. The first-order chi connectivity index (χ1) is 37.5. The summed E-state index contributed by atoms with van der Waals surface area (Å²) in [6.45, 7) is 0. The summed E-state index contributed by atoms with van der Waals surface area (Å²) in [5.41, 5.74) is 13.3. The first kappa shape index (κ1) is 44.5. The summed E-state index contributed by atoms with van der Waals surface area (Å²) in [6, 6.07) is 91.5. The Balaban J connectivity index is 0.000000184. The van der Waals surface area contributed by atoms with Crippen LogP contribution in [0.25, 0.3) is 143 Å². The van der Waals surface area contributed by atoms with Gasteiger partial charge in [-0.05, 0) is 154 Å². The molecule has 0 radical (unpaired) electrons. The van der Waals surface area contributed by atoms with Gasteiger partial charge in [0.2, 0.25) is 0 Å². The molecule has 2 aromatic heterocycles. The molecule has 0 saturated heterocycles. The molecule has 16 rings (SSSR count). The number of hydrogen-bond donors (Lipinski definition) is 0. The molecule has 0 unspecified atom stereocenters. The zero-order valence-corrected chi connectivity index (χ0v) is 44.0. The van der Waals surface area contributed by atoms with E-state index in [0.29, 0.717) is 0 Å². The molecule has 0 fully saturated rings. The van der Waals surface area contributed by atoms with Gasteiger partial charge in [-0.1, -0.05) is 220 Å². The number of aromatic nitrogens is 4. The molecule has 14 aromatic carbocycles. The summed E-state index contributed by atoms with van der Waals surface area (Å²) >= 11 is 7.03. The van der Waals surface area contributed by atoms with Crippen molar-refractivity contribution in [2.24, 2.45) is 0 Å². The van der Waals surface area contributed by atoms with Gasteiger partial charge in [-0.2, -0.15) is 0 Å². The molecule has 2 heterocycles. The van der Waals surface area contributed by atoms with Gasteiger partial charge in [-0.3, -0.25) is 9.13 Å². The van der Waals surface area contributed by atoms with Gasteiger partial charge >= 0.3 is 0 Å². The van der Waals surface area contributed by atoms with E-state index in [0.717, 1.165) is 65.2 Å². The Labute approximate surface area is 454 Å². The number of nitrogens with zero attached hydrogens (tertiary/aromatic N) is 4. The molecule has 356 valence electrons. The average molecular weight is 1100 g/mol. The smallest absolute Gasteiger partial charge is 0.145 e. The Morgan fingerprint density at radius 3 is 1.17 bits per heavy atom. The lowest BCUT2D eigenvalue weighted by Gasteiger charge is -2.15. The van der Waals surface area contributed by atoms with Crippen LogP contribution < -0.4 is 0 Å². The third-order valence-electron chi connectivity index (χ3n) is 15.2. The van der Waals surface area contributed by atoms with Crippen molar-refractivity contribution in [3.05, 3.63) is 264 Å². The van der Waals surface area contributed by atoms with Gasteiger partial charge < -0.3 is 0 Å². The van der Waals surface area contributed by atoms with Crippen molar-refractivity contribution in [3.8, 4) is 56.4 Å². The Kier molecular flexibility index (Phi) is 10.5. The highest BCUT2D eigenvalue weighted by molar-refractivity contribution is 9.10. The molecule has 0 aliphatic rings. The molecule has 0 aliphatic carbocycles.